The molecule has 2 aliphatic rings. The number of hydrogen-bond donors (Lipinski definition) is 1. The maximum atomic E-state index is 12.9. The average molecular weight is 285 g/mol. The molecule has 112 valence electrons. The molecule has 1 aromatic carbocycles. The molecule has 1 heterocycles. The fourth-order valence-electron chi connectivity index (χ4n) is 3.23. The summed E-state index contributed by atoms with van der Waals surface area (Å²) in [5, 5.41) is 10.7. The Balaban J connectivity index is 2.09. The van der Waals surface area contributed by atoms with Crippen molar-refractivity contribution in [3.8, 4) is 0 Å². The van der Waals surface area contributed by atoms with E-state index in [1.54, 1.807) is 0 Å². The molecule has 1 amide bonds. The first-order valence-electron chi connectivity index (χ1n) is 7.66. The molecule has 1 fully saturated rings. The molecule has 3 heteroatoms. The van der Waals surface area contributed by atoms with Crippen LogP contribution < -0.4 is 0 Å². The van der Waals surface area contributed by atoms with Crippen molar-refractivity contribution in [3.63, 3.8) is 0 Å². The van der Waals surface area contributed by atoms with Gasteiger partial charge in [0.1, 0.15) is 5.76 Å². The first-order chi connectivity index (χ1) is 9.84. The van der Waals surface area contributed by atoms with Gasteiger partial charge in [0, 0.05) is 6.54 Å². The largest absolute Gasteiger partial charge is 0.509 e. The highest BCUT2D eigenvalue weighted by Crippen LogP contribution is 2.43. The van der Waals surface area contributed by atoms with E-state index in [1.807, 2.05) is 50.8 Å². The predicted octanol–water partition coefficient (Wildman–Crippen LogP) is 3.60. The Hall–Kier alpha value is -1.77. The molecule has 0 spiro atoms. The molecule has 0 bridgehead atoms. The minimum Gasteiger partial charge on any atom is -0.509 e. The van der Waals surface area contributed by atoms with E-state index in [4.69, 9.17) is 0 Å². The first kappa shape index (κ1) is 14.2. The number of benzene rings is 1. The fourth-order valence-corrected chi connectivity index (χ4v) is 3.23. The van der Waals surface area contributed by atoms with Gasteiger partial charge in [-0.3, -0.25) is 4.79 Å². The molecule has 1 aromatic rings. The van der Waals surface area contributed by atoms with Gasteiger partial charge in [-0.1, -0.05) is 18.2 Å². The van der Waals surface area contributed by atoms with Crippen LogP contribution in [0.5, 0.6) is 0 Å². The Morgan fingerprint density at radius 2 is 1.81 bits per heavy atom. The number of aliphatic hydroxyl groups is 1. The summed E-state index contributed by atoms with van der Waals surface area (Å²) < 4.78 is 0. The molecule has 0 unspecified atom stereocenters. The van der Waals surface area contributed by atoms with Gasteiger partial charge < -0.3 is 10.0 Å². The topological polar surface area (TPSA) is 40.5 Å². The van der Waals surface area contributed by atoms with E-state index in [0.717, 1.165) is 23.2 Å². The zero-order valence-corrected chi connectivity index (χ0v) is 13.2. The molecular weight excluding hydrogens is 262 g/mol. The lowest BCUT2D eigenvalue weighted by Gasteiger charge is -2.32. The van der Waals surface area contributed by atoms with E-state index in [9.17, 15) is 9.90 Å². The van der Waals surface area contributed by atoms with Crippen LogP contribution in [0.4, 0.5) is 0 Å². The maximum Gasteiger partial charge on any atom is 0.258 e. The number of hydrogen-bond acceptors (Lipinski definition) is 2. The van der Waals surface area contributed by atoms with E-state index in [1.165, 1.54) is 12.8 Å². The number of aryl methyl sites for hydroxylation is 2. The van der Waals surface area contributed by atoms with E-state index >= 15 is 0 Å². The van der Waals surface area contributed by atoms with Crippen molar-refractivity contribution in [1.82, 2.24) is 4.90 Å². The number of amides is 1. The normalized spacial score (nSPS) is 21.3. The smallest absolute Gasteiger partial charge is 0.258 e. The van der Waals surface area contributed by atoms with Crippen LogP contribution in [0.3, 0.4) is 0 Å². The SMILES string of the molecule is Cc1cccc(C)c1C1=C(O)C(C)(C)N(CC2CC2)C1=O. The lowest BCUT2D eigenvalue weighted by molar-refractivity contribution is -0.127. The van der Waals surface area contributed by atoms with E-state index in [-0.39, 0.29) is 11.7 Å². The summed E-state index contributed by atoms with van der Waals surface area (Å²) in [5.74, 6) is 0.797. The van der Waals surface area contributed by atoms with Crippen molar-refractivity contribution in [2.24, 2.45) is 5.92 Å². The molecule has 21 heavy (non-hydrogen) atoms. The third-order valence-electron chi connectivity index (χ3n) is 4.82. The fraction of sp³-hybridized carbons (Fsp3) is 0.500. The van der Waals surface area contributed by atoms with Gasteiger partial charge in [-0.25, -0.2) is 0 Å². The van der Waals surface area contributed by atoms with Gasteiger partial charge in [-0.15, -0.1) is 0 Å². The highest BCUT2D eigenvalue weighted by Gasteiger charge is 2.48. The van der Waals surface area contributed by atoms with Gasteiger partial charge in [0.2, 0.25) is 0 Å². The standard InChI is InChI=1S/C18H23NO2/c1-11-6-5-7-12(2)14(11)15-16(20)18(3,4)19(17(15)21)10-13-8-9-13/h5-7,13,20H,8-10H2,1-4H3. The van der Waals surface area contributed by atoms with Crippen molar-refractivity contribution in [1.29, 1.82) is 0 Å². The number of nitrogens with zero attached hydrogens (tertiary/aromatic N) is 1. The van der Waals surface area contributed by atoms with Gasteiger partial charge in [-0.05, 0) is 63.1 Å². The second-order valence-electron chi connectivity index (χ2n) is 6.91. The molecule has 1 saturated carbocycles. The van der Waals surface area contributed by atoms with Crippen LogP contribution in [0, 0.1) is 19.8 Å². The summed E-state index contributed by atoms with van der Waals surface area (Å²) in [6.45, 7) is 8.61. The van der Waals surface area contributed by atoms with Crippen LogP contribution in [-0.2, 0) is 4.79 Å². The zero-order valence-electron chi connectivity index (χ0n) is 13.2. The van der Waals surface area contributed by atoms with E-state index in [2.05, 4.69) is 0 Å². The maximum absolute atomic E-state index is 12.9. The molecule has 0 atom stereocenters. The number of carbonyl (C=O) groups is 1. The third-order valence-corrected chi connectivity index (χ3v) is 4.82. The Morgan fingerprint density at radius 1 is 1.24 bits per heavy atom. The van der Waals surface area contributed by atoms with Crippen molar-refractivity contribution >= 4 is 11.5 Å². The van der Waals surface area contributed by atoms with Crippen molar-refractivity contribution in [2.45, 2.75) is 46.1 Å². The molecule has 3 rings (SSSR count). The van der Waals surface area contributed by atoms with E-state index in [0.29, 0.717) is 11.5 Å². The molecule has 3 nitrogen and oxygen atoms in total. The zero-order chi connectivity index (χ0) is 15.4. The highest BCUT2D eigenvalue weighted by atomic mass is 16.3. The van der Waals surface area contributed by atoms with Crippen LogP contribution in [0.1, 0.15) is 43.4 Å². The van der Waals surface area contributed by atoms with Gasteiger partial charge >= 0.3 is 0 Å². The second kappa shape index (κ2) is 4.62. The number of carbonyl (C=O) groups excluding carboxylic acids is 1. The predicted molar refractivity (Wildman–Crippen MR) is 84.0 cm³/mol. The summed E-state index contributed by atoms with van der Waals surface area (Å²) >= 11 is 0. The molecule has 1 aliphatic heterocycles. The van der Waals surface area contributed by atoms with E-state index < -0.39 is 5.54 Å². The minimum absolute atomic E-state index is 0.0261. The molecule has 0 radical (unpaired) electrons. The van der Waals surface area contributed by atoms with Gasteiger partial charge in [0.05, 0.1) is 11.1 Å². The molecule has 0 aromatic heterocycles. The quantitative estimate of drug-likeness (QED) is 0.921. The monoisotopic (exact) mass is 285 g/mol. The summed E-state index contributed by atoms with van der Waals surface area (Å²) in [5.41, 5.74) is 2.86. The third kappa shape index (κ3) is 2.15. The van der Waals surface area contributed by atoms with Gasteiger partial charge in [0.15, 0.2) is 0 Å². The highest BCUT2D eigenvalue weighted by molar-refractivity contribution is 6.23. The Kier molecular flexibility index (Phi) is 3.12. The van der Waals surface area contributed by atoms with Gasteiger partial charge in [0.25, 0.3) is 5.91 Å². The van der Waals surface area contributed by atoms with Crippen molar-refractivity contribution in [2.75, 3.05) is 6.54 Å². The Labute approximate surface area is 126 Å². The molecular formula is C18H23NO2. The Morgan fingerprint density at radius 3 is 2.33 bits per heavy atom. The van der Waals surface area contributed by atoms with Crippen LogP contribution in [0.2, 0.25) is 0 Å². The summed E-state index contributed by atoms with van der Waals surface area (Å²) in [7, 11) is 0. The molecule has 0 saturated heterocycles. The van der Waals surface area contributed by atoms with Crippen LogP contribution in [0.25, 0.3) is 5.57 Å². The minimum atomic E-state index is -0.607. The van der Waals surface area contributed by atoms with Crippen LogP contribution in [-0.4, -0.2) is 28.0 Å². The summed E-state index contributed by atoms with van der Waals surface area (Å²) in [6.07, 6.45) is 2.39. The summed E-state index contributed by atoms with van der Waals surface area (Å²) in [4.78, 5) is 14.8. The van der Waals surface area contributed by atoms with Crippen molar-refractivity contribution in [3.05, 3.63) is 40.6 Å². The molecule has 1 N–H and O–H groups in total. The second-order valence-corrected chi connectivity index (χ2v) is 6.91. The lowest BCUT2D eigenvalue weighted by atomic mass is 9.93. The van der Waals surface area contributed by atoms with Crippen LogP contribution >= 0.6 is 0 Å². The summed E-state index contributed by atoms with van der Waals surface area (Å²) in [6, 6.07) is 5.97. The number of rotatable bonds is 3. The molecule has 1 aliphatic carbocycles. The average Bonchev–Trinajstić information content (AvgIpc) is 3.20. The van der Waals surface area contributed by atoms with Crippen molar-refractivity contribution < 1.29 is 9.90 Å². The van der Waals surface area contributed by atoms with Gasteiger partial charge in [-0.2, -0.15) is 0 Å². The van der Waals surface area contributed by atoms with Crippen LogP contribution in [0.15, 0.2) is 24.0 Å². The first-order valence-corrected chi connectivity index (χ1v) is 7.66. The number of aliphatic hydroxyl groups excluding tert-OH is 1. The lowest BCUT2D eigenvalue weighted by Crippen LogP contribution is -2.44. The Bertz CT molecular complexity index is 618.